The maximum atomic E-state index is 5.47. The van der Waals surface area contributed by atoms with Crippen molar-refractivity contribution in [2.45, 2.75) is 27.7 Å². The molecular formula is C47H35N5. The van der Waals surface area contributed by atoms with E-state index in [0.717, 1.165) is 83.8 Å². The Bertz CT molecular complexity index is 2760. The van der Waals surface area contributed by atoms with Gasteiger partial charge in [-0.05, 0) is 114 Å². The molecule has 5 nitrogen and oxygen atoms in total. The highest BCUT2D eigenvalue weighted by Gasteiger charge is 2.19. The van der Waals surface area contributed by atoms with E-state index in [4.69, 9.17) is 15.0 Å². The van der Waals surface area contributed by atoms with E-state index in [1.807, 2.05) is 36.4 Å². The fourth-order valence-electron chi connectivity index (χ4n) is 7.37. The Labute approximate surface area is 302 Å². The normalized spacial score (nSPS) is 11.5. The van der Waals surface area contributed by atoms with Gasteiger partial charge >= 0.3 is 0 Å². The van der Waals surface area contributed by atoms with E-state index >= 15 is 0 Å². The van der Waals surface area contributed by atoms with Gasteiger partial charge in [-0.2, -0.15) is 0 Å². The monoisotopic (exact) mass is 669 g/mol. The van der Waals surface area contributed by atoms with Crippen molar-refractivity contribution in [2.24, 2.45) is 0 Å². The largest absolute Gasteiger partial charge is 0.255 e. The minimum atomic E-state index is 0.796. The van der Waals surface area contributed by atoms with Crippen molar-refractivity contribution >= 4 is 32.6 Å². The molecule has 9 rings (SSSR count). The van der Waals surface area contributed by atoms with E-state index in [9.17, 15) is 0 Å². The SMILES string of the molecule is Cc1c(-c2cccc(-c3cc(-c4ccccn4)nc(-c4ccccn4)c3)c2)nc2c(ccc3c(C)c(C)c(-c4cccc5ccccc45)nc32)c1C. The van der Waals surface area contributed by atoms with Gasteiger partial charge < -0.3 is 0 Å². The predicted octanol–water partition coefficient (Wildman–Crippen LogP) is 11.7. The van der Waals surface area contributed by atoms with Gasteiger partial charge in [-0.25, -0.2) is 15.0 Å². The maximum Gasteiger partial charge on any atom is 0.0975 e. The number of benzene rings is 4. The highest BCUT2D eigenvalue weighted by Crippen LogP contribution is 2.39. The Kier molecular flexibility index (Phi) is 7.62. The molecule has 0 bridgehead atoms. The average molecular weight is 670 g/mol. The van der Waals surface area contributed by atoms with E-state index in [2.05, 4.69) is 129 Å². The summed E-state index contributed by atoms with van der Waals surface area (Å²) in [5.41, 5.74) is 16.1. The van der Waals surface area contributed by atoms with Crippen LogP contribution in [-0.4, -0.2) is 24.9 Å². The highest BCUT2D eigenvalue weighted by molar-refractivity contribution is 6.08. The van der Waals surface area contributed by atoms with Gasteiger partial charge in [-0.1, -0.05) is 84.9 Å². The van der Waals surface area contributed by atoms with Crippen molar-refractivity contribution < 1.29 is 0 Å². The molecule has 5 aromatic heterocycles. The zero-order valence-electron chi connectivity index (χ0n) is 29.5. The average Bonchev–Trinajstić information content (AvgIpc) is 3.20. The van der Waals surface area contributed by atoms with Crippen LogP contribution in [0.2, 0.25) is 0 Å². The Balaban J connectivity index is 1.24. The zero-order chi connectivity index (χ0) is 35.3. The molecule has 0 saturated heterocycles. The number of hydrogen-bond donors (Lipinski definition) is 0. The second-order valence-electron chi connectivity index (χ2n) is 13.4. The number of pyridine rings is 5. The fraction of sp³-hybridized carbons (Fsp3) is 0.0851. The summed E-state index contributed by atoms with van der Waals surface area (Å²) >= 11 is 0. The van der Waals surface area contributed by atoms with Crippen molar-refractivity contribution in [3.8, 4) is 56.4 Å². The predicted molar refractivity (Wildman–Crippen MR) is 214 cm³/mol. The highest BCUT2D eigenvalue weighted by atomic mass is 14.8. The summed E-state index contributed by atoms with van der Waals surface area (Å²) in [6.07, 6.45) is 3.60. The fourth-order valence-corrected chi connectivity index (χ4v) is 7.37. The topological polar surface area (TPSA) is 64.5 Å². The summed E-state index contributed by atoms with van der Waals surface area (Å²) < 4.78 is 0. The van der Waals surface area contributed by atoms with Gasteiger partial charge in [0.05, 0.1) is 45.2 Å². The van der Waals surface area contributed by atoms with Gasteiger partial charge in [-0.15, -0.1) is 0 Å². The summed E-state index contributed by atoms with van der Waals surface area (Å²) in [6.45, 7) is 8.77. The van der Waals surface area contributed by atoms with Crippen LogP contribution in [0, 0.1) is 27.7 Å². The van der Waals surface area contributed by atoms with Crippen LogP contribution in [0.1, 0.15) is 22.3 Å². The second kappa shape index (κ2) is 12.6. The molecule has 4 aromatic carbocycles. The molecule has 0 atom stereocenters. The van der Waals surface area contributed by atoms with Gasteiger partial charge in [0.15, 0.2) is 0 Å². The third-order valence-electron chi connectivity index (χ3n) is 10.4. The van der Waals surface area contributed by atoms with Crippen molar-refractivity contribution in [1.29, 1.82) is 0 Å². The first kappa shape index (κ1) is 31.4. The van der Waals surface area contributed by atoms with Crippen LogP contribution in [-0.2, 0) is 0 Å². The van der Waals surface area contributed by atoms with Gasteiger partial charge in [0.1, 0.15) is 0 Å². The first-order valence-electron chi connectivity index (χ1n) is 17.6. The lowest BCUT2D eigenvalue weighted by molar-refractivity contribution is 1.22. The first-order chi connectivity index (χ1) is 25.4. The molecule has 0 radical (unpaired) electrons. The molecule has 0 aliphatic carbocycles. The third-order valence-corrected chi connectivity index (χ3v) is 10.4. The number of aromatic nitrogens is 5. The van der Waals surface area contributed by atoms with Gasteiger partial charge in [0.2, 0.25) is 0 Å². The molecule has 248 valence electrons. The molecule has 0 fully saturated rings. The van der Waals surface area contributed by atoms with E-state index < -0.39 is 0 Å². The quantitative estimate of drug-likeness (QED) is 0.171. The Morgan fingerprint density at radius 1 is 0.365 bits per heavy atom. The molecule has 0 aliphatic heterocycles. The molecule has 0 N–H and O–H groups in total. The van der Waals surface area contributed by atoms with Crippen LogP contribution in [0.4, 0.5) is 0 Å². The van der Waals surface area contributed by atoms with E-state index in [1.54, 1.807) is 12.4 Å². The molecule has 0 amide bonds. The number of hydrogen-bond acceptors (Lipinski definition) is 5. The molecule has 9 aromatic rings. The standard InChI is InChI=1S/C47H35N5/c1-28-30(3)44(34-16-11-15-33(25-34)35-26-42(40-19-7-9-23-48-40)50-43(27-35)41-20-8-10-24-49-41)51-46-36(28)21-22-37-29(2)31(4)45(52-47(37)46)39-18-12-14-32-13-5-6-17-38(32)39/h5-27H,1-4H3. The van der Waals surface area contributed by atoms with E-state index in [-0.39, 0.29) is 0 Å². The Morgan fingerprint density at radius 2 is 0.923 bits per heavy atom. The van der Waals surface area contributed by atoms with Crippen molar-refractivity contribution in [1.82, 2.24) is 24.9 Å². The molecule has 0 unspecified atom stereocenters. The van der Waals surface area contributed by atoms with Crippen LogP contribution in [0.15, 0.2) is 140 Å². The lowest BCUT2D eigenvalue weighted by Crippen LogP contribution is -2.00. The minimum Gasteiger partial charge on any atom is -0.255 e. The minimum absolute atomic E-state index is 0.796. The van der Waals surface area contributed by atoms with Crippen LogP contribution < -0.4 is 0 Å². The molecular weight excluding hydrogens is 635 g/mol. The second-order valence-corrected chi connectivity index (χ2v) is 13.4. The van der Waals surface area contributed by atoms with Crippen LogP contribution in [0.5, 0.6) is 0 Å². The van der Waals surface area contributed by atoms with Crippen molar-refractivity contribution in [3.05, 3.63) is 162 Å². The summed E-state index contributed by atoms with van der Waals surface area (Å²) in [5, 5.41) is 4.66. The van der Waals surface area contributed by atoms with E-state index in [1.165, 1.54) is 27.5 Å². The lowest BCUT2D eigenvalue weighted by Gasteiger charge is -2.17. The third kappa shape index (κ3) is 5.30. The Morgan fingerprint density at radius 3 is 1.58 bits per heavy atom. The molecule has 0 aliphatic rings. The summed E-state index contributed by atoms with van der Waals surface area (Å²) in [6, 6.07) is 44.1. The molecule has 5 heterocycles. The van der Waals surface area contributed by atoms with Gasteiger partial charge in [0.25, 0.3) is 0 Å². The Hall–Kier alpha value is -6.59. The van der Waals surface area contributed by atoms with Crippen molar-refractivity contribution in [3.63, 3.8) is 0 Å². The molecule has 52 heavy (non-hydrogen) atoms. The maximum absolute atomic E-state index is 5.47. The summed E-state index contributed by atoms with van der Waals surface area (Å²) in [4.78, 5) is 25.1. The summed E-state index contributed by atoms with van der Waals surface area (Å²) in [7, 11) is 0. The molecule has 5 heteroatoms. The zero-order valence-corrected chi connectivity index (χ0v) is 29.5. The smallest absolute Gasteiger partial charge is 0.0975 e. The number of rotatable bonds is 5. The number of fused-ring (bicyclic) bond motifs is 4. The van der Waals surface area contributed by atoms with Gasteiger partial charge in [0, 0.05) is 34.3 Å². The molecule has 0 spiro atoms. The van der Waals surface area contributed by atoms with Crippen LogP contribution >= 0.6 is 0 Å². The number of aryl methyl sites for hydroxylation is 2. The lowest BCUT2D eigenvalue weighted by atomic mass is 9.92. The first-order valence-corrected chi connectivity index (χ1v) is 17.6. The van der Waals surface area contributed by atoms with E-state index in [0.29, 0.717) is 0 Å². The van der Waals surface area contributed by atoms with Crippen molar-refractivity contribution in [2.75, 3.05) is 0 Å². The summed E-state index contributed by atoms with van der Waals surface area (Å²) in [5.74, 6) is 0. The van der Waals surface area contributed by atoms with Gasteiger partial charge in [-0.3, -0.25) is 9.97 Å². The van der Waals surface area contributed by atoms with Crippen LogP contribution in [0.25, 0.3) is 89.0 Å². The molecule has 0 saturated carbocycles. The van der Waals surface area contributed by atoms with Crippen LogP contribution in [0.3, 0.4) is 0 Å². The number of nitrogens with zero attached hydrogens (tertiary/aromatic N) is 5.